The average molecular weight is 517 g/mol. The molecular weight excluding hydrogens is 484 g/mol. The van der Waals surface area contributed by atoms with Crippen LogP contribution in [-0.2, 0) is 12.8 Å². The standard InChI is InChI=1S/C38H32N2/c1-21(2)17-23-13-15-27-31(19-23)39-29-11-7-5-9-25(29)34-36-28-16-14-24(18-22(3)4)20-32(28)40-30-12-8-6-10-26(30)33(38(36)40)35(27)37(34)39/h5-16,19-22H,17-18H2,1-4H3. The molecule has 0 N–H and O–H groups in total. The molecule has 0 spiro atoms. The Balaban J connectivity index is 1.61. The molecule has 0 fully saturated rings. The molecule has 194 valence electrons. The van der Waals surface area contributed by atoms with Crippen LogP contribution in [0.15, 0.2) is 84.9 Å². The predicted molar refractivity (Wildman–Crippen MR) is 173 cm³/mol. The Kier molecular flexibility index (Phi) is 4.31. The van der Waals surface area contributed by atoms with Gasteiger partial charge in [0, 0.05) is 43.1 Å². The van der Waals surface area contributed by atoms with E-state index in [0.29, 0.717) is 11.8 Å². The zero-order valence-corrected chi connectivity index (χ0v) is 23.5. The number of fused-ring (bicyclic) bond motifs is 14. The summed E-state index contributed by atoms with van der Waals surface area (Å²) < 4.78 is 5.15. The summed E-state index contributed by atoms with van der Waals surface area (Å²) in [5, 5.41) is 11.0. The number of hydrogen-bond acceptors (Lipinski definition) is 0. The quantitative estimate of drug-likeness (QED) is 0.220. The number of aromatic nitrogens is 2. The van der Waals surface area contributed by atoms with E-state index in [1.54, 1.807) is 0 Å². The van der Waals surface area contributed by atoms with Gasteiger partial charge in [-0.25, -0.2) is 0 Å². The minimum absolute atomic E-state index is 0.627. The topological polar surface area (TPSA) is 8.82 Å². The first-order valence-electron chi connectivity index (χ1n) is 14.8. The van der Waals surface area contributed by atoms with Crippen molar-refractivity contribution in [2.75, 3.05) is 0 Å². The zero-order valence-electron chi connectivity index (χ0n) is 23.5. The Morgan fingerprint density at radius 1 is 0.450 bits per heavy atom. The van der Waals surface area contributed by atoms with Gasteiger partial charge in [0.1, 0.15) is 0 Å². The largest absolute Gasteiger partial charge is 0.308 e. The Labute approximate surface area is 233 Å². The number of hydrogen-bond donors (Lipinski definition) is 0. The van der Waals surface area contributed by atoms with Gasteiger partial charge in [0.25, 0.3) is 0 Å². The summed E-state index contributed by atoms with van der Waals surface area (Å²) in [4.78, 5) is 0. The van der Waals surface area contributed by atoms with E-state index in [1.165, 1.54) is 87.3 Å². The third-order valence-electron chi connectivity index (χ3n) is 9.16. The van der Waals surface area contributed by atoms with Crippen LogP contribution in [0.1, 0.15) is 38.8 Å². The molecule has 2 heteroatoms. The van der Waals surface area contributed by atoms with Crippen LogP contribution < -0.4 is 0 Å². The molecule has 0 saturated carbocycles. The van der Waals surface area contributed by atoms with Gasteiger partial charge in [-0.05, 0) is 60.1 Å². The molecule has 5 aromatic carbocycles. The van der Waals surface area contributed by atoms with E-state index in [1.807, 2.05) is 0 Å². The molecule has 0 amide bonds. The highest BCUT2D eigenvalue weighted by molar-refractivity contribution is 6.45. The van der Waals surface area contributed by atoms with Crippen LogP contribution >= 0.6 is 0 Å². The molecular formula is C38H32N2. The molecule has 0 aliphatic heterocycles. The molecule has 0 unspecified atom stereocenters. The van der Waals surface area contributed by atoms with Gasteiger partial charge in [-0.1, -0.05) is 88.4 Å². The van der Waals surface area contributed by atoms with Crippen molar-refractivity contribution < 1.29 is 0 Å². The summed E-state index contributed by atoms with van der Waals surface area (Å²) in [7, 11) is 0. The summed E-state index contributed by atoms with van der Waals surface area (Å²) in [6, 6.07) is 32.6. The van der Waals surface area contributed by atoms with Crippen LogP contribution in [0.3, 0.4) is 0 Å². The Bertz CT molecular complexity index is 2260. The molecule has 4 heterocycles. The number of nitrogens with zero attached hydrogens (tertiary/aromatic N) is 2. The molecule has 0 bridgehead atoms. The van der Waals surface area contributed by atoms with Gasteiger partial charge in [-0.2, -0.15) is 0 Å². The monoisotopic (exact) mass is 516 g/mol. The first kappa shape index (κ1) is 22.5. The summed E-state index contributed by atoms with van der Waals surface area (Å²) in [5.74, 6) is 1.25. The van der Waals surface area contributed by atoms with Crippen LogP contribution in [0.25, 0.3) is 76.2 Å². The van der Waals surface area contributed by atoms with Gasteiger partial charge in [0.2, 0.25) is 0 Å². The lowest BCUT2D eigenvalue weighted by atomic mass is 9.96. The maximum atomic E-state index is 2.58. The molecule has 2 nitrogen and oxygen atoms in total. The minimum atomic E-state index is 0.627. The van der Waals surface area contributed by atoms with E-state index in [-0.39, 0.29) is 0 Å². The average Bonchev–Trinajstić information content (AvgIpc) is 3.64. The Morgan fingerprint density at radius 3 is 1.23 bits per heavy atom. The predicted octanol–water partition coefficient (Wildman–Crippen LogP) is 10.4. The summed E-state index contributed by atoms with van der Waals surface area (Å²) in [6.45, 7) is 9.25. The highest BCUT2D eigenvalue weighted by Gasteiger charge is 2.28. The molecule has 0 saturated heterocycles. The lowest BCUT2D eigenvalue weighted by molar-refractivity contribution is 0.647. The summed E-state index contributed by atoms with van der Waals surface area (Å²) in [5.41, 5.74) is 10.9. The van der Waals surface area contributed by atoms with Gasteiger partial charge in [0.05, 0.1) is 33.1 Å². The van der Waals surface area contributed by atoms with E-state index in [4.69, 9.17) is 0 Å². The van der Waals surface area contributed by atoms with Gasteiger partial charge in [-0.3, -0.25) is 0 Å². The number of para-hydroxylation sites is 2. The van der Waals surface area contributed by atoms with E-state index in [2.05, 4.69) is 121 Å². The van der Waals surface area contributed by atoms with Crippen molar-refractivity contribution in [1.29, 1.82) is 0 Å². The van der Waals surface area contributed by atoms with Crippen LogP contribution in [0.5, 0.6) is 0 Å². The van der Waals surface area contributed by atoms with Crippen LogP contribution in [0.4, 0.5) is 0 Å². The Hall–Kier alpha value is -4.30. The molecule has 0 atom stereocenters. The van der Waals surface area contributed by atoms with Crippen molar-refractivity contribution >= 4 is 76.2 Å². The lowest BCUT2D eigenvalue weighted by Crippen LogP contribution is -1.93. The number of benzene rings is 5. The zero-order chi connectivity index (χ0) is 26.9. The van der Waals surface area contributed by atoms with E-state index >= 15 is 0 Å². The molecule has 0 aliphatic rings. The highest BCUT2D eigenvalue weighted by atomic mass is 14.9. The Morgan fingerprint density at radius 2 is 0.825 bits per heavy atom. The van der Waals surface area contributed by atoms with Crippen molar-refractivity contribution in [3.05, 3.63) is 96.1 Å². The van der Waals surface area contributed by atoms with Crippen molar-refractivity contribution in [2.45, 2.75) is 40.5 Å². The van der Waals surface area contributed by atoms with Crippen LogP contribution in [0.2, 0.25) is 0 Å². The molecule has 9 rings (SSSR count). The molecule has 0 radical (unpaired) electrons. The van der Waals surface area contributed by atoms with Crippen molar-refractivity contribution in [3.8, 4) is 0 Å². The fourth-order valence-electron chi connectivity index (χ4n) is 7.87. The number of rotatable bonds is 4. The summed E-state index contributed by atoms with van der Waals surface area (Å²) >= 11 is 0. The van der Waals surface area contributed by atoms with Gasteiger partial charge in [-0.15, -0.1) is 0 Å². The van der Waals surface area contributed by atoms with E-state index in [9.17, 15) is 0 Å². The minimum Gasteiger partial charge on any atom is -0.308 e. The lowest BCUT2D eigenvalue weighted by Gasteiger charge is -2.06. The fraction of sp³-hybridized carbons (Fsp3) is 0.211. The normalized spacial score (nSPS) is 13.2. The SMILES string of the molecule is CC(C)Cc1ccc2c3c4c5ccccc5n5c6cc(CC(C)C)ccc6c(c6c7ccccc7n(c2c1)c63)c45. The van der Waals surface area contributed by atoms with Crippen molar-refractivity contribution in [3.63, 3.8) is 0 Å². The smallest absolute Gasteiger partial charge is 0.0634 e. The second-order valence-corrected chi connectivity index (χ2v) is 12.8. The molecule has 40 heavy (non-hydrogen) atoms. The van der Waals surface area contributed by atoms with E-state index in [0.717, 1.165) is 12.8 Å². The fourth-order valence-corrected chi connectivity index (χ4v) is 7.87. The highest BCUT2D eigenvalue weighted by Crippen LogP contribution is 2.51. The van der Waals surface area contributed by atoms with Crippen LogP contribution in [0, 0.1) is 11.8 Å². The summed E-state index contributed by atoms with van der Waals surface area (Å²) in [6.07, 6.45) is 2.19. The molecule has 4 aromatic heterocycles. The van der Waals surface area contributed by atoms with Crippen molar-refractivity contribution in [2.24, 2.45) is 11.8 Å². The van der Waals surface area contributed by atoms with Gasteiger partial charge in [0.15, 0.2) is 0 Å². The third-order valence-corrected chi connectivity index (χ3v) is 9.16. The van der Waals surface area contributed by atoms with Crippen LogP contribution in [-0.4, -0.2) is 8.80 Å². The van der Waals surface area contributed by atoms with Gasteiger partial charge >= 0.3 is 0 Å². The molecule has 0 aliphatic carbocycles. The second-order valence-electron chi connectivity index (χ2n) is 12.8. The third kappa shape index (κ3) is 2.69. The maximum absolute atomic E-state index is 2.58. The maximum Gasteiger partial charge on any atom is 0.0634 e. The van der Waals surface area contributed by atoms with E-state index < -0.39 is 0 Å². The van der Waals surface area contributed by atoms with Crippen molar-refractivity contribution in [1.82, 2.24) is 8.80 Å². The first-order valence-corrected chi connectivity index (χ1v) is 14.8. The van der Waals surface area contributed by atoms with Gasteiger partial charge < -0.3 is 8.80 Å². The second kappa shape index (κ2) is 7.67. The molecule has 9 aromatic rings. The first-order chi connectivity index (χ1) is 19.5.